The molecule has 1 aromatic heterocycles. The fraction of sp³-hybridized carbons (Fsp3) is 0.261. The Hall–Kier alpha value is -3.34. The number of carbonyl (C=O) groups excluding carboxylic acids is 1. The number of sulfonamides is 1. The normalized spacial score (nSPS) is 14.3. The summed E-state index contributed by atoms with van der Waals surface area (Å²) >= 11 is 0. The van der Waals surface area contributed by atoms with Crippen molar-refractivity contribution >= 4 is 27.4 Å². The molecule has 0 saturated carbocycles. The van der Waals surface area contributed by atoms with Crippen molar-refractivity contribution in [3.8, 4) is 11.3 Å². The van der Waals surface area contributed by atoms with Gasteiger partial charge in [-0.25, -0.2) is 12.7 Å². The van der Waals surface area contributed by atoms with Crippen LogP contribution in [0, 0.1) is 0 Å². The predicted octanol–water partition coefficient (Wildman–Crippen LogP) is 2.48. The number of amides is 1. The molecule has 0 atom stereocenters. The molecule has 2 heterocycles. The van der Waals surface area contributed by atoms with Gasteiger partial charge in [0.05, 0.1) is 23.8 Å². The average Bonchev–Trinajstić information content (AvgIpc) is 2.85. The molecule has 33 heavy (non-hydrogen) atoms. The lowest BCUT2D eigenvalue weighted by Gasteiger charge is -2.27. The Morgan fingerprint density at radius 2 is 1.73 bits per heavy atom. The van der Waals surface area contributed by atoms with E-state index in [2.05, 4.69) is 20.4 Å². The molecule has 9 nitrogen and oxygen atoms in total. The van der Waals surface area contributed by atoms with E-state index in [4.69, 9.17) is 4.74 Å². The van der Waals surface area contributed by atoms with Crippen LogP contribution in [0.25, 0.3) is 11.3 Å². The van der Waals surface area contributed by atoms with Gasteiger partial charge in [0.25, 0.3) is 5.91 Å². The summed E-state index contributed by atoms with van der Waals surface area (Å²) in [6, 6.07) is 17.0. The number of carbonyl (C=O) groups is 1. The number of hydrogen-bond acceptors (Lipinski definition) is 7. The predicted molar refractivity (Wildman–Crippen MR) is 126 cm³/mol. The Morgan fingerprint density at radius 1 is 1.00 bits per heavy atom. The maximum Gasteiger partial charge on any atom is 0.255 e. The van der Waals surface area contributed by atoms with E-state index in [1.807, 2.05) is 30.3 Å². The summed E-state index contributed by atoms with van der Waals surface area (Å²) in [7, 11) is -0.622. The van der Waals surface area contributed by atoms with Gasteiger partial charge in [0.15, 0.2) is 5.82 Å². The van der Waals surface area contributed by atoms with Crippen LogP contribution in [0.2, 0.25) is 0 Å². The first-order chi connectivity index (χ1) is 15.8. The topological polar surface area (TPSA) is 105 Å². The lowest BCUT2D eigenvalue weighted by Crippen LogP contribution is -2.36. The minimum atomic E-state index is -3.55. The molecule has 0 bridgehead atoms. The Morgan fingerprint density at radius 3 is 2.36 bits per heavy atom. The molecule has 0 aliphatic carbocycles. The number of aromatic nitrogens is 2. The summed E-state index contributed by atoms with van der Waals surface area (Å²) in [5.74, 6) is 0.473. The summed E-state index contributed by atoms with van der Waals surface area (Å²) in [6.45, 7) is 2.94. The highest BCUT2D eigenvalue weighted by atomic mass is 32.2. The molecule has 1 fully saturated rings. The van der Waals surface area contributed by atoms with Crippen LogP contribution in [0.4, 0.5) is 11.5 Å². The third kappa shape index (κ3) is 5.19. The number of nitrogens with zero attached hydrogens (tertiary/aromatic N) is 4. The molecule has 1 amide bonds. The second-order valence-corrected chi connectivity index (χ2v) is 9.87. The summed E-state index contributed by atoms with van der Waals surface area (Å²) in [5, 5.41) is 11.5. The highest BCUT2D eigenvalue weighted by Crippen LogP contribution is 2.23. The molecule has 172 valence electrons. The van der Waals surface area contributed by atoms with Crippen LogP contribution in [-0.2, 0) is 14.8 Å². The Labute approximate surface area is 193 Å². The van der Waals surface area contributed by atoms with E-state index in [9.17, 15) is 13.2 Å². The molecular formula is C23H25N5O4S. The average molecular weight is 468 g/mol. The van der Waals surface area contributed by atoms with Crippen LogP contribution in [0.1, 0.15) is 10.4 Å². The number of ether oxygens (including phenoxy) is 1. The van der Waals surface area contributed by atoms with Crippen molar-refractivity contribution in [3.05, 3.63) is 66.2 Å². The largest absolute Gasteiger partial charge is 0.378 e. The van der Waals surface area contributed by atoms with Crippen molar-refractivity contribution in [2.45, 2.75) is 4.90 Å². The number of rotatable bonds is 6. The van der Waals surface area contributed by atoms with Crippen molar-refractivity contribution in [3.63, 3.8) is 0 Å². The van der Waals surface area contributed by atoms with Crippen molar-refractivity contribution in [2.24, 2.45) is 0 Å². The van der Waals surface area contributed by atoms with Gasteiger partial charge in [-0.2, -0.15) is 0 Å². The second kappa shape index (κ2) is 9.65. The number of anilines is 2. The van der Waals surface area contributed by atoms with E-state index in [0.29, 0.717) is 30.2 Å². The smallest absolute Gasteiger partial charge is 0.255 e. The van der Waals surface area contributed by atoms with Crippen LogP contribution in [0.15, 0.2) is 65.6 Å². The molecule has 3 aromatic rings. The molecule has 1 aliphatic heterocycles. The third-order valence-corrected chi connectivity index (χ3v) is 7.13. The Bertz CT molecular complexity index is 1220. The van der Waals surface area contributed by atoms with E-state index >= 15 is 0 Å². The molecule has 0 spiro atoms. The Kier molecular flexibility index (Phi) is 6.68. The van der Waals surface area contributed by atoms with Gasteiger partial charge in [0.2, 0.25) is 10.0 Å². The van der Waals surface area contributed by atoms with Crippen LogP contribution in [0.3, 0.4) is 0 Å². The zero-order chi connectivity index (χ0) is 23.4. The van der Waals surface area contributed by atoms with Gasteiger partial charge in [0, 0.05) is 44.0 Å². The standard InChI is InChI=1S/C23H25N5O4S/c1-27(2)33(30,31)20-8-6-17(7-9-20)23(29)24-19-5-3-4-18(16-19)21-10-11-22(26-25-21)28-12-14-32-15-13-28/h3-11,16H,12-15H2,1-2H3,(H,24,29). The Balaban J connectivity index is 1.46. The number of nitrogens with one attached hydrogen (secondary N) is 1. The van der Waals surface area contributed by atoms with E-state index in [-0.39, 0.29) is 10.8 Å². The molecule has 1 N–H and O–H groups in total. The van der Waals surface area contributed by atoms with Gasteiger partial charge in [-0.15, -0.1) is 10.2 Å². The van der Waals surface area contributed by atoms with Gasteiger partial charge in [-0.1, -0.05) is 12.1 Å². The SMILES string of the molecule is CN(C)S(=O)(=O)c1ccc(C(=O)Nc2cccc(-c3ccc(N4CCOCC4)nn3)c2)cc1. The summed E-state index contributed by atoms with van der Waals surface area (Å²) in [6.07, 6.45) is 0. The number of hydrogen-bond donors (Lipinski definition) is 1. The minimum Gasteiger partial charge on any atom is -0.378 e. The van der Waals surface area contributed by atoms with Crippen LogP contribution in [-0.4, -0.2) is 69.2 Å². The molecule has 2 aromatic carbocycles. The van der Waals surface area contributed by atoms with Gasteiger partial charge >= 0.3 is 0 Å². The molecule has 4 rings (SSSR count). The van der Waals surface area contributed by atoms with Crippen molar-refractivity contribution in [2.75, 3.05) is 50.6 Å². The fourth-order valence-electron chi connectivity index (χ4n) is 3.39. The molecule has 0 unspecified atom stereocenters. The van der Waals surface area contributed by atoms with E-state index in [0.717, 1.165) is 28.8 Å². The van der Waals surface area contributed by atoms with Crippen LogP contribution in [0.5, 0.6) is 0 Å². The van der Waals surface area contributed by atoms with E-state index in [1.165, 1.54) is 38.4 Å². The first-order valence-corrected chi connectivity index (χ1v) is 11.9. The van der Waals surface area contributed by atoms with Crippen molar-refractivity contribution < 1.29 is 17.9 Å². The molecule has 1 saturated heterocycles. The number of morpholine rings is 1. The molecule has 10 heteroatoms. The molecule has 1 aliphatic rings. The summed E-state index contributed by atoms with van der Waals surface area (Å²) < 4.78 is 30.9. The first-order valence-electron chi connectivity index (χ1n) is 10.5. The number of benzene rings is 2. The van der Waals surface area contributed by atoms with E-state index in [1.54, 1.807) is 6.07 Å². The maximum atomic E-state index is 12.7. The minimum absolute atomic E-state index is 0.130. The second-order valence-electron chi connectivity index (χ2n) is 7.72. The van der Waals surface area contributed by atoms with Crippen LogP contribution >= 0.6 is 0 Å². The molecule has 0 radical (unpaired) electrons. The van der Waals surface area contributed by atoms with Gasteiger partial charge < -0.3 is 15.0 Å². The van der Waals surface area contributed by atoms with Crippen molar-refractivity contribution in [1.29, 1.82) is 0 Å². The zero-order valence-electron chi connectivity index (χ0n) is 18.4. The third-order valence-electron chi connectivity index (χ3n) is 5.30. The van der Waals surface area contributed by atoms with Crippen molar-refractivity contribution in [1.82, 2.24) is 14.5 Å². The zero-order valence-corrected chi connectivity index (χ0v) is 19.2. The highest BCUT2D eigenvalue weighted by Gasteiger charge is 2.18. The fourth-order valence-corrected chi connectivity index (χ4v) is 4.29. The summed E-state index contributed by atoms with van der Waals surface area (Å²) in [5.41, 5.74) is 2.47. The maximum absolute atomic E-state index is 12.7. The summed E-state index contributed by atoms with van der Waals surface area (Å²) in [4.78, 5) is 14.9. The lowest BCUT2D eigenvalue weighted by atomic mass is 10.1. The van der Waals surface area contributed by atoms with Gasteiger partial charge in [0.1, 0.15) is 0 Å². The molecular weight excluding hydrogens is 442 g/mol. The van der Waals surface area contributed by atoms with Gasteiger partial charge in [-0.05, 0) is 48.5 Å². The first kappa shape index (κ1) is 22.8. The monoisotopic (exact) mass is 467 g/mol. The van der Waals surface area contributed by atoms with Gasteiger partial charge in [-0.3, -0.25) is 4.79 Å². The highest BCUT2D eigenvalue weighted by molar-refractivity contribution is 7.89. The lowest BCUT2D eigenvalue weighted by molar-refractivity contribution is 0.102. The van der Waals surface area contributed by atoms with Crippen LogP contribution < -0.4 is 10.2 Å². The quantitative estimate of drug-likeness (QED) is 0.594. The van der Waals surface area contributed by atoms with E-state index < -0.39 is 10.0 Å².